The summed E-state index contributed by atoms with van der Waals surface area (Å²) in [5, 5.41) is 12.3. The van der Waals surface area contributed by atoms with Gasteiger partial charge in [0.05, 0.1) is 25.5 Å². The number of methoxy groups -OCH3 is 1. The lowest BCUT2D eigenvalue weighted by Gasteiger charge is -2.06. The van der Waals surface area contributed by atoms with E-state index in [9.17, 15) is 4.79 Å². The Bertz CT molecular complexity index is 616. The highest BCUT2D eigenvalue weighted by Crippen LogP contribution is 2.14. The lowest BCUT2D eigenvalue weighted by molar-refractivity contribution is -0.145. The minimum absolute atomic E-state index is 0.0972. The molecule has 2 aromatic rings. The maximum atomic E-state index is 11.7. The molecule has 1 heterocycles. The number of hydrogen-bond donors (Lipinski definition) is 1. The van der Waals surface area contributed by atoms with Gasteiger partial charge in [-0.1, -0.05) is 5.16 Å². The van der Waals surface area contributed by atoms with E-state index in [1.807, 2.05) is 0 Å². The summed E-state index contributed by atoms with van der Waals surface area (Å²) < 4.78 is 15.2. The predicted molar refractivity (Wildman–Crippen MR) is 79.1 cm³/mol. The fourth-order valence-electron chi connectivity index (χ4n) is 1.87. The SMILES string of the molecule is COc1ccc(/C(CCC(=O)OCc2ccco2)=N/O)cc1. The van der Waals surface area contributed by atoms with Crippen LogP contribution < -0.4 is 4.74 Å². The van der Waals surface area contributed by atoms with Gasteiger partial charge < -0.3 is 19.1 Å². The van der Waals surface area contributed by atoms with Crippen LogP contribution >= 0.6 is 0 Å². The number of nitrogens with zero attached hydrogens (tertiary/aromatic N) is 1. The minimum atomic E-state index is -0.383. The van der Waals surface area contributed by atoms with Crippen LogP contribution in [0.4, 0.5) is 0 Å². The highest BCUT2D eigenvalue weighted by molar-refractivity contribution is 6.01. The van der Waals surface area contributed by atoms with Crippen molar-refractivity contribution >= 4 is 11.7 Å². The van der Waals surface area contributed by atoms with Crippen molar-refractivity contribution in [2.45, 2.75) is 19.4 Å². The fraction of sp³-hybridized carbons (Fsp3) is 0.250. The number of ether oxygens (including phenoxy) is 2. The molecule has 1 aromatic heterocycles. The van der Waals surface area contributed by atoms with Crippen LogP contribution in [-0.4, -0.2) is 24.0 Å². The van der Waals surface area contributed by atoms with Gasteiger partial charge in [-0.2, -0.15) is 0 Å². The molecule has 0 aliphatic carbocycles. The molecule has 0 saturated carbocycles. The Kier molecular flexibility index (Phi) is 5.59. The molecule has 1 N–H and O–H groups in total. The third-order valence-electron chi connectivity index (χ3n) is 3.07. The Morgan fingerprint density at radius 3 is 2.59 bits per heavy atom. The predicted octanol–water partition coefficient (Wildman–Crippen LogP) is 2.99. The van der Waals surface area contributed by atoms with E-state index in [4.69, 9.17) is 19.1 Å². The van der Waals surface area contributed by atoms with Gasteiger partial charge in [0.1, 0.15) is 18.1 Å². The van der Waals surface area contributed by atoms with Gasteiger partial charge in [0, 0.05) is 6.42 Å². The molecule has 0 aliphatic rings. The molecular weight excluding hydrogens is 286 g/mol. The summed E-state index contributed by atoms with van der Waals surface area (Å²) >= 11 is 0. The highest BCUT2D eigenvalue weighted by Gasteiger charge is 2.10. The summed E-state index contributed by atoms with van der Waals surface area (Å²) in [7, 11) is 1.57. The van der Waals surface area contributed by atoms with Gasteiger partial charge in [0.15, 0.2) is 0 Å². The maximum absolute atomic E-state index is 11.7. The molecule has 22 heavy (non-hydrogen) atoms. The number of esters is 1. The van der Waals surface area contributed by atoms with Gasteiger partial charge in [-0.05, 0) is 42.0 Å². The Morgan fingerprint density at radius 2 is 2.00 bits per heavy atom. The van der Waals surface area contributed by atoms with Crippen molar-refractivity contribution < 1.29 is 23.9 Å². The van der Waals surface area contributed by atoms with Gasteiger partial charge in [0.25, 0.3) is 0 Å². The van der Waals surface area contributed by atoms with E-state index in [1.165, 1.54) is 6.26 Å². The molecule has 0 aliphatic heterocycles. The normalized spacial score (nSPS) is 11.2. The van der Waals surface area contributed by atoms with Gasteiger partial charge in [-0.25, -0.2) is 0 Å². The van der Waals surface area contributed by atoms with E-state index in [-0.39, 0.29) is 25.4 Å². The van der Waals surface area contributed by atoms with Gasteiger partial charge in [-0.3, -0.25) is 4.79 Å². The van der Waals surface area contributed by atoms with E-state index in [1.54, 1.807) is 43.5 Å². The van der Waals surface area contributed by atoms with Crippen molar-refractivity contribution in [3.63, 3.8) is 0 Å². The first-order chi connectivity index (χ1) is 10.7. The van der Waals surface area contributed by atoms with Crippen LogP contribution in [0.5, 0.6) is 5.75 Å². The zero-order valence-corrected chi connectivity index (χ0v) is 12.2. The average molecular weight is 303 g/mol. The number of benzene rings is 1. The number of hydrogen-bond acceptors (Lipinski definition) is 6. The first kappa shape index (κ1) is 15.6. The molecule has 0 bridgehead atoms. The Hall–Kier alpha value is -2.76. The third kappa shape index (κ3) is 4.37. The van der Waals surface area contributed by atoms with Crippen molar-refractivity contribution in [1.29, 1.82) is 0 Å². The number of rotatable bonds is 7. The zero-order valence-electron chi connectivity index (χ0n) is 12.2. The largest absolute Gasteiger partial charge is 0.497 e. The molecule has 6 heteroatoms. The Labute approximate surface area is 128 Å². The molecule has 0 spiro atoms. The standard InChI is InChI=1S/C16H17NO5/c1-20-13-6-4-12(5-7-13)15(17-19)8-9-16(18)22-11-14-3-2-10-21-14/h2-7,10,19H,8-9,11H2,1H3/b17-15+. The molecule has 2 rings (SSSR count). The monoisotopic (exact) mass is 303 g/mol. The molecule has 1 aromatic carbocycles. The van der Waals surface area contributed by atoms with Crippen molar-refractivity contribution in [3.8, 4) is 5.75 Å². The molecule has 0 radical (unpaired) electrons. The fourth-order valence-corrected chi connectivity index (χ4v) is 1.87. The molecule has 0 unspecified atom stereocenters. The second-order valence-electron chi connectivity index (χ2n) is 4.52. The van der Waals surface area contributed by atoms with Crippen LogP contribution in [0, 0.1) is 0 Å². The van der Waals surface area contributed by atoms with E-state index < -0.39 is 0 Å². The van der Waals surface area contributed by atoms with Gasteiger partial charge >= 0.3 is 5.97 Å². The van der Waals surface area contributed by atoms with Crippen LogP contribution in [0.15, 0.2) is 52.2 Å². The summed E-state index contributed by atoms with van der Waals surface area (Å²) in [5.74, 6) is 0.907. The summed E-state index contributed by atoms with van der Waals surface area (Å²) in [6.45, 7) is 0.0972. The van der Waals surface area contributed by atoms with Crippen LogP contribution in [0.2, 0.25) is 0 Å². The van der Waals surface area contributed by atoms with Crippen molar-refractivity contribution in [2.75, 3.05) is 7.11 Å². The lowest BCUT2D eigenvalue weighted by atomic mass is 10.1. The second kappa shape index (κ2) is 7.87. The molecule has 6 nitrogen and oxygen atoms in total. The van der Waals surface area contributed by atoms with E-state index in [0.29, 0.717) is 17.2 Å². The van der Waals surface area contributed by atoms with Crippen LogP contribution in [-0.2, 0) is 16.1 Å². The van der Waals surface area contributed by atoms with Crippen molar-refractivity contribution in [3.05, 3.63) is 54.0 Å². The second-order valence-corrected chi connectivity index (χ2v) is 4.52. The summed E-state index contributed by atoms with van der Waals surface area (Å²) in [6, 6.07) is 10.5. The first-order valence-electron chi connectivity index (χ1n) is 6.76. The molecule has 116 valence electrons. The Balaban J connectivity index is 1.83. The first-order valence-corrected chi connectivity index (χ1v) is 6.76. The molecule has 0 amide bonds. The smallest absolute Gasteiger partial charge is 0.306 e. The topological polar surface area (TPSA) is 81.3 Å². The van der Waals surface area contributed by atoms with Crippen LogP contribution in [0.3, 0.4) is 0 Å². The van der Waals surface area contributed by atoms with E-state index in [2.05, 4.69) is 5.16 Å². The third-order valence-corrected chi connectivity index (χ3v) is 3.07. The van der Waals surface area contributed by atoms with Gasteiger partial charge in [0.2, 0.25) is 0 Å². The number of carbonyl (C=O) groups excluding carboxylic acids is 1. The quantitative estimate of drug-likeness (QED) is 0.368. The lowest BCUT2D eigenvalue weighted by Crippen LogP contribution is -2.09. The van der Waals surface area contributed by atoms with Crippen LogP contribution in [0.25, 0.3) is 0 Å². The number of carbonyl (C=O) groups is 1. The minimum Gasteiger partial charge on any atom is -0.497 e. The molecular formula is C16H17NO5. The zero-order chi connectivity index (χ0) is 15.8. The summed E-state index contributed by atoms with van der Waals surface area (Å²) in [4.78, 5) is 11.7. The molecule has 0 fully saturated rings. The number of oxime groups is 1. The highest BCUT2D eigenvalue weighted by atomic mass is 16.5. The van der Waals surface area contributed by atoms with Gasteiger partial charge in [-0.15, -0.1) is 0 Å². The molecule has 0 atom stereocenters. The molecule has 0 saturated heterocycles. The van der Waals surface area contributed by atoms with Crippen LogP contribution in [0.1, 0.15) is 24.2 Å². The van der Waals surface area contributed by atoms with E-state index in [0.717, 1.165) is 5.56 Å². The maximum Gasteiger partial charge on any atom is 0.306 e. The van der Waals surface area contributed by atoms with Crippen molar-refractivity contribution in [1.82, 2.24) is 0 Å². The summed E-state index contributed by atoms with van der Waals surface area (Å²) in [5.41, 5.74) is 1.14. The number of furan rings is 1. The van der Waals surface area contributed by atoms with E-state index >= 15 is 0 Å². The Morgan fingerprint density at radius 1 is 1.23 bits per heavy atom. The van der Waals surface area contributed by atoms with Crippen molar-refractivity contribution in [2.24, 2.45) is 5.16 Å². The summed E-state index contributed by atoms with van der Waals surface area (Å²) in [6.07, 6.45) is 1.91. The average Bonchev–Trinajstić information content (AvgIpc) is 3.07.